The van der Waals surface area contributed by atoms with E-state index in [0.717, 1.165) is 16.4 Å². The average Bonchev–Trinajstić information content (AvgIpc) is 2.79. The van der Waals surface area contributed by atoms with Crippen LogP contribution in [0.1, 0.15) is 0 Å². The molecule has 0 saturated heterocycles. The number of nitrogen functional groups attached to an aromatic ring is 1. The van der Waals surface area contributed by atoms with Crippen molar-refractivity contribution >= 4 is 27.9 Å². The van der Waals surface area contributed by atoms with Gasteiger partial charge in [-0.15, -0.1) is 0 Å². The first-order chi connectivity index (χ1) is 10.2. The number of ether oxygens (including phenoxy) is 1. The molecular formula is C14H14F2N4O. The maximum Gasteiger partial charge on any atom is 0.261 e. The number of rotatable bonds is 5. The molecule has 2 N–H and O–H groups in total. The monoisotopic (exact) mass is 292 g/mol. The van der Waals surface area contributed by atoms with E-state index in [0.29, 0.717) is 18.0 Å². The molecule has 0 fully saturated rings. The van der Waals surface area contributed by atoms with Gasteiger partial charge in [0.1, 0.15) is 12.1 Å². The fraction of sp³-hybridized carbons (Fsp3) is 0.286. The van der Waals surface area contributed by atoms with Gasteiger partial charge in [-0.2, -0.15) is 0 Å². The number of benzene rings is 1. The second-order valence-electron chi connectivity index (χ2n) is 4.60. The quantitative estimate of drug-likeness (QED) is 0.734. The third kappa shape index (κ3) is 2.64. The molecule has 0 bridgehead atoms. The van der Waals surface area contributed by atoms with Gasteiger partial charge >= 0.3 is 0 Å². The number of hydrogen-bond donors (Lipinski definition) is 1. The van der Waals surface area contributed by atoms with Gasteiger partial charge in [0.05, 0.1) is 23.8 Å². The minimum Gasteiger partial charge on any atom is -0.374 e. The van der Waals surface area contributed by atoms with Gasteiger partial charge in [0.15, 0.2) is 0 Å². The van der Waals surface area contributed by atoms with Crippen LogP contribution in [0.25, 0.3) is 21.9 Å². The molecule has 0 unspecified atom stereocenters. The summed E-state index contributed by atoms with van der Waals surface area (Å²) in [4.78, 5) is 8.57. The van der Waals surface area contributed by atoms with Gasteiger partial charge in [-0.3, -0.25) is 4.98 Å². The summed E-state index contributed by atoms with van der Waals surface area (Å²) in [6.07, 6.45) is -0.809. The van der Waals surface area contributed by atoms with E-state index < -0.39 is 13.0 Å². The maximum atomic E-state index is 12.1. The Labute approximate surface area is 119 Å². The number of para-hydroxylation sites is 1. The van der Waals surface area contributed by atoms with Crippen LogP contribution in [0, 0.1) is 0 Å². The number of pyridine rings is 1. The number of anilines is 1. The third-order valence-corrected chi connectivity index (χ3v) is 3.21. The van der Waals surface area contributed by atoms with Crippen LogP contribution in [0.15, 0.2) is 30.5 Å². The van der Waals surface area contributed by atoms with Crippen molar-refractivity contribution in [3.63, 3.8) is 0 Å². The van der Waals surface area contributed by atoms with E-state index in [1.165, 1.54) is 0 Å². The van der Waals surface area contributed by atoms with Gasteiger partial charge in [-0.25, -0.2) is 13.8 Å². The topological polar surface area (TPSA) is 66.0 Å². The molecule has 0 aliphatic heterocycles. The molecule has 1 aromatic carbocycles. The van der Waals surface area contributed by atoms with Gasteiger partial charge < -0.3 is 15.0 Å². The van der Waals surface area contributed by atoms with Crippen LogP contribution in [0.5, 0.6) is 0 Å². The van der Waals surface area contributed by atoms with Gasteiger partial charge in [0.25, 0.3) is 6.43 Å². The Bertz CT molecular complexity index is 772. The van der Waals surface area contributed by atoms with Gasteiger partial charge in [0.2, 0.25) is 5.95 Å². The lowest BCUT2D eigenvalue weighted by atomic mass is 10.2. The first-order valence-electron chi connectivity index (χ1n) is 6.52. The summed E-state index contributed by atoms with van der Waals surface area (Å²) in [7, 11) is 0. The Morgan fingerprint density at radius 2 is 2.05 bits per heavy atom. The number of nitrogens with two attached hydrogens (primary N) is 1. The maximum absolute atomic E-state index is 12.1. The summed E-state index contributed by atoms with van der Waals surface area (Å²) in [6, 6.07) is 7.64. The van der Waals surface area contributed by atoms with Crippen LogP contribution in [-0.4, -0.2) is 34.2 Å². The first kappa shape index (κ1) is 13.7. The van der Waals surface area contributed by atoms with E-state index in [-0.39, 0.29) is 6.61 Å². The average molecular weight is 292 g/mol. The highest BCUT2D eigenvalue weighted by atomic mass is 19.3. The number of alkyl halides is 2. The van der Waals surface area contributed by atoms with E-state index in [9.17, 15) is 8.78 Å². The summed E-state index contributed by atoms with van der Waals surface area (Å²) in [5.41, 5.74) is 8.27. The minimum atomic E-state index is -2.47. The molecule has 0 saturated carbocycles. The van der Waals surface area contributed by atoms with Crippen LogP contribution in [0.3, 0.4) is 0 Å². The van der Waals surface area contributed by atoms with E-state index in [1.54, 1.807) is 10.8 Å². The van der Waals surface area contributed by atoms with Crippen molar-refractivity contribution in [2.24, 2.45) is 0 Å². The Morgan fingerprint density at radius 3 is 2.86 bits per heavy atom. The summed E-state index contributed by atoms with van der Waals surface area (Å²) < 4.78 is 30.8. The van der Waals surface area contributed by atoms with E-state index in [1.807, 2.05) is 24.3 Å². The number of hydrogen-bond acceptors (Lipinski definition) is 4. The number of nitrogens with zero attached hydrogens (tertiary/aromatic N) is 3. The molecule has 0 amide bonds. The molecule has 2 heterocycles. The molecule has 5 nitrogen and oxygen atoms in total. The first-order valence-corrected chi connectivity index (χ1v) is 6.52. The Kier molecular flexibility index (Phi) is 3.66. The zero-order valence-electron chi connectivity index (χ0n) is 11.2. The lowest BCUT2D eigenvalue weighted by molar-refractivity contribution is 0.0151. The predicted molar refractivity (Wildman–Crippen MR) is 76.3 cm³/mol. The van der Waals surface area contributed by atoms with Crippen molar-refractivity contribution < 1.29 is 13.5 Å². The zero-order valence-corrected chi connectivity index (χ0v) is 11.2. The molecule has 21 heavy (non-hydrogen) atoms. The Hall–Kier alpha value is -2.28. The highest BCUT2D eigenvalue weighted by molar-refractivity contribution is 6.02. The largest absolute Gasteiger partial charge is 0.374 e. The number of fused-ring (bicyclic) bond motifs is 3. The highest BCUT2D eigenvalue weighted by Gasteiger charge is 2.12. The molecular weight excluding hydrogens is 278 g/mol. The normalized spacial score (nSPS) is 11.8. The highest BCUT2D eigenvalue weighted by Crippen LogP contribution is 2.25. The number of halogens is 2. The third-order valence-electron chi connectivity index (χ3n) is 3.21. The van der Waals surface area contributed by atoms with Crippen molar-refractivity contribution in [1.82, 2.24) is 14.5 Å². The second kappa shape index (κ2) is 5.61. The predicted octanol–water partition coefficient (Wildman–Crippen LogP) is 2.45. The smallest absolute Gasteiger partial charge is 0.261 e. The van der Waals surface area contributed by atoms with Crippen LogP contribution >= 0.6 is 0 Å². The summed E-state index contributed by atoms with van der Waals surface area (Å²) in [5.74, 6) is 0.323. The van der Waals surface area contributed by atoms with E-state index in [2.05, 4.69) is 9.97 Å². The van der Waals surface area contributed by atoms with Gasteiger partial charge in [0, 0.05) is 11.9 Å². The number of aromatic nitrogens is 3. The van der Waals surface area contributed by atoms with Crippen molar-refractivity contribution in [1.29, 1.82) is 0 Å². The van der Waals surface area contributed by atoms with Crippen LogP contribution in [0.4, 0.5) is 14.7 Å². The van der Waals surface area contributed by atoms with Crippen LogP contribution in [-0.2, 0) is 11.3 Å². The van der Waals surface area contributed by atoms with Crippen LogP contribution < -0.4 is 5.73 Å². The Morgan fingerprint density at radius 1 is 1.24 bits per heavy atom. The minimum absolute atomic E-state index is 0.149. The van der Waals surface area contributed by atoms with Gasteiger partial charge in [-0.05, 0) is 6.07 Å². The molecule has 0 aliphatic rings. The molecule has 7 heteroatoms. The van der Waals surface area contributed by atoms with Crippen molar-refractivity contribution in [3.8, 4) is 0 Å². The van der Waals surface area contributed by atoms with Crippen LogP contribution in [0.2, 0.25) is 0 Å². The van der Waals surface area contributed by atoms with Crippen molar-refractivity contribution in [3.05, 3.63) is 30.5 Å². The van der Waals surface area contributed by atoms with Crippen molar-refractivity contribution in [2.75, 3.05) is 18.9 Å². The summed E-state index contributed by atoms with van der Waals surface area (Å²) >= 11 is 0. The van der Waals surface area contributed by atoms with E-state index >= 15 is 0 Å². The molecule has 2 aromatic heterocycles. The SMILES string of the molecule is Nc1nc2cnc3ccccc3c2n1CCOCC(F)F. The molecule has 3 rings (SSSR count). The molecule has 3 aromatic rings. The zero-order chi connectivity index (χ0) is 14.8. The summed E-state index contributed by atoms with van der Waals surface area (Å²) in [6.45, 7) is -0.0610. The fourth-order valence-electron chi connectivity index (χ4n) is 2.33. The lowest BCUT2D eigenvalue weighted by Crippen LogP contribution is -2.12. The Balaban J connectivity index is 1.97. The molecule has 0 atom stereocenters. The van der Waals surface area contributed by atoms with Gasteiger partial charge in [-0.1, -0.05) is 18.2 Å². The molecule has 0 spiro atoms. The standard InChI is InChI=1S/C14H14F2N4O/c15-12(16)8-21-6-5-20-13-9-3-1-2-4-10(9)18-7-11(13)19-14(20)17/h1-4,7,12H,5-6,8H2,(H2,17,19). The molecule has 0 aliphatic carbocycles. The second-order valence-corrected chi connectivity index (χ2v) is 4.60. The molecule has 110 valence electrons. The van der Waals surface area contributed by atoms with E-state index in [4.69, 9.17) is 10.5 Å². The summed E-state index contributed by atoms with van der Waals surface area (Å²) in [5, 5.41) is 0.924. The fourth-order valence-corrected chi connectivity index (χ4v) is 2.33. The number of imidazole rings is 1. The van der Waals surface area contributed by atoms with Crippen molar-refractivity contribution in [2.45, 2.75) is 13.0 Å². The molecule has 0 radical (unpaired) electrons. The lowest BCUT2D eigenvalue weighted by Gasteiger charge is -2.08.